The maximum absolute atomic E-state index is 11.9. The predicted molar refractivity (Wildman–Crippen MR) is 67.8 cm³/mol. The second kappa shape index (κ2) is 5.50. The lowest BCUT2D eigenvalue weighted by atomic mass is 10.3. The number of rotatable bonds is 5. The fraction of sp³-hybridized carbons (Fsp3) is 0.556. The Morgan fingerprint density at radius 2 is 1.78 bits per heavy atom. The predicted octanol–water partition coefficient (Wildman–Crippen LogP) is 0.690. The van der Waals surface area contributed by atoms with Gasteiger partial charge in [-0.2, -0.15) is 0 Å². The van der Waals surface area contributed by atoms with Crippen molar-refractivity contribution in [3.8, 4) is 0 Å². The molecule has 0 bridgehead atoms. The van der Waals surface area contributed by atoms with E-state index in [1.165, 1.54) is 6.07 Å². The van der Waals surface area contributed by atoms with Gasteiger partial charge in [0.25, 0.3) is 0 Å². The normalized spacial score (nSPS) is 12.6. The lowest BCUT2D eigenvalue weighted by Crippen LogP contribution is -2.16. The summed E-state index contributed by atoms with van der Waals surface area (Å²) in [4.78, 5) is 7.87. The van der Waals surface area contributed by atoms with Gasteiger partial charge in [-0.15, -0.1) is 0 Å². The molecule has 1 aromatic rings. The van der Waals surface area contributed by atoms with Crippen LogP contribution >= 0.6 is 10.7 Å². The Kier molecular flexibility index (Phi) is 4.68. The highest BCUT2D eigenvalue weighted by Crippen LogP contribution is 2.12. The molecule has 102 valence electrons. The highest BCUT2D eigenvalue weighted by molar-refractivity contribution is 8.14. The summed E-state index contributed by atoms with van der Waals surface area (Å²) < 4.78 is 45.3. The van der Waals surface area contributed by atoms with Crippen LogP contribution in [0.3, 0.4) is 0 Å². The Balaban J connectivity index is 3.09. The van der Waals surface area contributed by atoms with Crippen LogP contribution in [0.15, 0.2) is 11.1 Å². The molecule has 0 fully saturated rings. The lowest BCUT2D eigenvalue weighted by molar-refractivity contribution is 0.588. The van der Waals surface area contributed by atoms with Gasteiger partial charge in [0, 0.05) is 16.4 Å². The smallest absolute Gasteiger partial charge is 0.233 e. The van der Waals surface area contributed by atoms with E-state index in [1.54, 1.807) is 6.92 Å². The molecule has 0 N–H and O–H groups in total. The van der Waals surface area contributed by atoms with Gasteiger partial charge in [0.05, 0.1) is 11.5 Å². The van der Waals surface area contributed by atoms with Crippen LogP contribution in [0.5, 0.6) is 0 Å². The third kappa shape index (κ3) is 4.51. The Hall–Kier alpha value is -0.730. The standard InChI is InChI=1S/C9H13ClN2O4S2/c1-3-8-6-9(12-7(2)11-8)17(13,14)4-5-18(10,15)16/h6H,3-5H2,1-2H3. The third-order valence-corrected chi connectivity index (χ3v) is 5.15. The van der Waals surface area contributed by atoms with Crippen molar-refractivity contribution in [2.45, 2.75) is 25.3 Å². The van der Waals surface area contributed by atoms with Crippen LogP contribution in [-0.4, -0.2) is 38.3 Å². The summed E-state index contributed by atoms with van der Waals surface area (Å²) >= 11 is 0. The van der Waals surface area contributed by atoms with E-state index in [0.29, 0.717) is 17.9 Å². The van der Waals surface area contributed by atoms with E-state index in [0.717, 1.165) is 0 Å². The van der Waals surface area contributed by atoms with Gasteiger partial charge in [-0.3, -0.25) is 0 Å². The molecule has 0 amide bonds. The number of sulfone groups is 1. The second-order valence-corrected chi connectivity index (χ2v) is 8.61. The van der Waals surface area contributed by atoms with Crippen LogP contribution in [0.1, 0.15) is 18.4 Å². The van der Waals surface area contributed by atoms with E-state index in [-0.39, 0.29) is 5.03 Å². The molecule has 0 aliphatic carbocycles. The molecule has 0 aromatic carbocycles. The van der Waals surface area contributed by atoms with Crippen molar-refractivity contribution in [3.05, 3.63) is 17.6 Å². The Morgan fingerprint density at radius 1 is 1.17 bits per heavy atom. The molecule has 0 aliphatic rings. The number of aromatic nitrogens is 2. The zero-order chi connectivity index (χ0) is 14.0. The molecule has 0 atom stereocenters. The second-order valence-electron chi connectivity index (χ2n) is 3.66. The summed E-state index contributed by atoms with van der Waals surface area (Å²) in [6.07, 6.45) is 0.569. The fourth-order valence-electron chi connectivity index (χ4n) is 1.25. The molecule has 0 aliphatic heterocycles. The van der Waals surface area contributed by atoms with Crippen LogP contribution in [0, 0.1) is 6.92 Å². The Bertz CT molecular complexity index is 641. The van der Waals surface area contributed by atoms with Crippen molar-refractivity contribution in [1.82, 2.24) is 9.97 Å². The first-order valence-corrected chi connectivity index (χ1v) is 9.27. The number of hydrogen-bond donors (Lipinski definition) is 0. The fourth-order valence-corrected chi connectivity index (χ4v) is 4.29. The monoisotopic (exact) mass is 312 g/mol. The molecule has 1 rings (SSSR count). The molecule has 0 spiro atoms. The zero-order valence-corrected chi connectivity index (χ0v) is 12.3. The molecule has 0 saturated carbocycles. The summed E-state index contributed by atoms with van der Waals surface area (Å²) in [7, 11) is -2.61. The quantitative estimate of drug-likeness (QED) is 0.586. The van der Waals surface area contributed by atoms with Gasteiger partial charge in [-0.1, -0.05) is 6.92 Å². The van der Waals surface area contributed by atoms with Crippen molar-refractivity contribution in [3.63, 3.8) is 0 Å². The van der Waals surface area contributed by atoms with Crippen molar-refractivity contribution in [1.29, 1.82) is 0 Å². The molecule has 9 heteroatoms. The van der Waals surface area contributed by atoms with Gasteiger partial charge in [0.2, 0.25) is 9.05 Å². The summed E-state index contributed by atoms with van der Waals surface area (Å²) in [5, 5.41) is -0.160. The van der Waals surface area contributed by atoms with Gasteiger partial charge in [-0.25, -0.2) is 26.8 Å². The van der Waals surface area contributed by atoms with E-state index in [1.807, 2.05) is 6.92 Å². The van der Waals surface area contributed by atoms with Gasteiger partial charge in [0.15, 0.2) is 14.9 Å². The van der Waals surface area contributed by atoms with Crippen LogP contribution in [0.25, 0.3) is 0 Å². The minimum Gasteiger partial charge on any atom is -0.238 e. The van der Waals surface area contributed by atoms with Gasteiger partial charge < -0.3 is 0 Å². The average Bonchev–Trinajstić information content (AvgIpc) is 2.25. The Labute approximate surface area is 111 Å². The van der Waals surface area contributed by atoms with E-state index in [9.17, 15) is 16.8 Å². The van der Waals surface area contributed by atoms with Gasteiger partial charge in [-0.05, 0) is 19.4 Å². The number of aryl methyl sites for hydroxylation is 2. The minimum atomic E-state index is -3.84. The number of halogens is 1. The molecule has 6 nitrogen and oxygen atoms in total. The number of nitrogens with zero attached hydrogens (tertiary/aromatic N) is 2. The average molecular weight is 313 g/mol. The van der Waals surface area contributed by atoms with Gasteiger partial charge in [0.1, 0.15) is 5.82 Å². The molecule has 0 unspecified atom stereocenters. The van der Waals surface area contributed by atoms with Crippen LogP contribution in [0.2, 0.25) is 0 Å². The third-order valence-electron chi connectivity index (χ3n) is 2.14. The van der Waals surface area contributed by atoms with E-state index >= 15 is 0 Å². The molecular weight excluding hydrogens is 300 g/mol. The van der Waals surface area contributed by atoms with Crippen molar-refractivity contribution >= 4 is 29.6 Å². The minimum absolute atomic E-state index is 0.160. The van der Waals surface area contributed by atoms with Gasteiger partial charge >= 0.3 is 0 Å². The topological polar surface area (TPSA) is 94.1 Å². The highest BCUT2D eigenvalue weighted by atomic mass is 35.7. The first-order valence-electron chi connectivity index (χ1n) is 5.13. The summed E-state index contributed by atoms with van der Waals surface area (Å²) in [5.74, 6) is -0.888. The maximum Gasteiger partial charge on any atom is 0.233 e. The summed E-state index contributed by atoms with van der Waals surface area (Å²) in [6.45, 7) is 3.41. The molecule has 0 saturated heterocycles. The van der Waals surface area contributed by atoms with Crippen LogP contribution < -0.4 is 0 Å². The first-order chi connectivity index (χ1) is 8.14. The highest BCUT2D eigenvalue weighted by Gasteiger charge is 2.20. The van der Waals surface area contributed by atoms with E-state index in [2.05, 4.69) is 9.97 Å². The van der Waals surface area contributed by atoms with Crippen molar-refractivity contribution < 1.29 is 16.8 Å². The Morgan fingerprint density at radius 3 is 2.28 bits per heavy atom. The largest absolute Gasteiger partial charge is 0.238 e. The van der Waals surface area contributed by atoms with Crippen LogP contribution in [0.4, 0.5) is 0 Å². The van der Waals surface area contributed by atoms with Crippen molar-refractivity contribution in [2.24, 2.45) is 0 Å². The molecule has 0 radical (unpaired) electrons. The molecule has 18 heavy (non-hydrogen) atoms. The number of hydrogen-bond acceptors (Lipinski definition) is 6. The molecular formula is C9H13ClN2O4S2. The molecule has 1 aromatic heterocycles. The zero-order valence-electron chi connectivity index (χ0n) is 9.92. The van der Waals surface area contributed by atoms with E-state index < -0.39 is 30.4 Å². The maximum atomic E-state index is 11.9. The first kappa shape index (κ1) is 15.3. The summed E-state index contributed by atoms with van der Waals surface area (Å²) in [5.41, 5.74) is 0.592. The molecule has 1 heterocycles. The van der Waals surface area contributed by atoms with E-state index in [4.69, 9.17) is 10.7 Å². The lowest BCUT2D eigenvalue weighted by Gasteiger charge is -2.05. The summed E-state index contributed by atoms with van der Waals surface area (Å²) in [6, 6.07) is 1.35. The SMILES string of the molecule is CCc1cc(S(=O)(=O)CCS(=O)(=O)Cl)nc(C)n1. The van der Waals surface area contributed by atoms with Crippen molar-refractivity contribution in [2.75, 3.05) is 11.5 Å². The van der Waals surface area contributed by atoms with Crippen LogP contribution in [-0.2, 0) is 25.3 Å².